The fourth-order valence-electron chi connectivity index (χ4n) is 3.18. The number of fused-ring (bicyclic) bond motifs is 1. The van der Waals surface area contributed by atoms with Gasteiger partial charge in [0, 0.05) is 30.9 Å². The number of nitrogens with one attached hydrogen (secondary N) is 1. The predicted molar refractivity (Wildman–Crippen MR) is 108 cm³/mol. The third kappa shape index (κ3) is 4.24. The monoisotopic (exact) mass is 388 g/mol. The lowest BCUT2D eigenvalue weighted by molar-refractivity contribution is -0.114. The Balaban J connectivity index is 1.60. The van der Waals surface area contributed by atoms with Gasteiger partial charge in [-0.2, -0.15) is 4.98 Å². The van der Waals surface area contributed by atoms with Gasteiger partial charge in [0.05, 0.1) is 6.54 Å². The molecule has 2 aromatic carbocycles. The Hall–Kier alpha value is -3.74. The molecule has 0 radical (unpaired) electrons. The highest BCUT2D eigenvalue weighted by Crippen LogP contribution is 2.26. The number of carbonyl (C=O) groups excluding carboxylic acids is 2. The number of nitrogens with zero attached hydrogens (tertiary/aromatic N) is 3. The number of carbonyl (C=O) groups is 2. The van der Waals surface area contributed by atoms with Gasteiger partial charge in [0.1, 0.15) is 12.2 Å². The number of hydrogen-bond acceptors (Lipinski definition) is 5. The van der Waals surface area contributed by atoms with E-state index in [0.717, 1.165) is 11.1 Å². The van der Waals surface area contributed by atoms with Crippen molar-refractivity contribution in [3.8, 4) is 17.3 Å². The summed E-state index contributed by atoms with van der Waals surface area (Å²) >= 11 is 0. The van der Waals surface area contributed by atoms with E-state index >= 15 is 0 Å². The smallest absolute Gasteiger partial charge is 0.261 e. The Kier molecular flexibility index (Phi) is 5.20. The van der Waals surface area contributed by atoms with Gasteiger partial charge in [-0.05, 0) is 17.7 Å². The number of amides is 2. The molecule has 0 saturated heterocycles. The highest BCUT2D eigenvalue weighted by Gasteiger charge is 2.26. The molecule has 2 heterocycles. The van der Waals surface area contributed by atoms with Crippen LogP contribution in [-0.2, 0) is 11.3 Å². The highest BCUT2D eigenvalue weighted by molar-refractivity contribution is 5.96. The molecule has 146 valence electrons. The van der Waals surface area contributed by atoms with Gasteiger partial charge >= 0.3 is 0 Å². The Labute approximate surface area is 168 Å². The molecule has 0 fully saturated rings. The van der Waals surface area contributed by atoms with Crippen LogP contribution >= 0.6 is 0 Å². The molecule has 29 heavy (non-hydrogen) atoms. The van der Waals surface area contributed by atoms with E-state index in [1.165, 1.54) is 13.1 Å². The Morgan fingerprint density at radius 1 is 1.17 bits per heavy atom. The van der Waals surface area contributed by atoms with Crippen molar-refractivity contribution in [2.45, 2.75) is 13.5 Å². The quantitative estimate of drug-likeness (QED) is 0.742. The summed E-state index contributed by atoms with van der Waals surface area (Å²) in [4.78, 5) is 34.8. The van der Waals surface area contributed by atoms with E-state index in [1.54, 1.807) is 17.0 Å². The minimum atomic E-state index is -0.155. The van der Waals surface area contributed by atoms with Crippen LogP contribution in [0.3, 0.4) is 0 Å². The van der Waals surface area contributed by atoms with Crippen LogP contribution < -0.4 is 10.1 Å². The van der Waals surface area contributed by atoms with E-state index in [4.69, 9.17) is 4.74 Å². The summed E-state index contributed by atoms with van der Waals surface area (Å²) < 4.78 is 5.76. The fraction of sp³-hybridized carbons (Fsp3) is 0.182. The highest BCUT2D eigenvalue weighted by atomic mass is 16.5. The molecule has 3 aromatic rings. The second-order valence-electron chi connectivity index (χ2n) is 6.74. The maximum absolute atomic E-state index is 13.0. The average Bonchev–Trinajstić information content (AvgIpc) is 2.87. The van der Waals surface area contributed by atoms with Crippen molar-refractivity contribution >= 4 is 17.5 Å². The summed E-state index contributed by atoms with van der Waals surface area (Å²) in [7, 11) is 0. The topological polar surface area (TPSA) is 84.4 Å². The normalized spacial score (nSPS) is 13.3. The third-order valence-electron chi connectivity index (χ3n) is 4.53. The summed E-state index contributed by atoms with van der Waals surface area (Å²) in [6.07, 6.45) is 1.51. The first-order chi connectivity index (χ1) is 14.1. The zero-order valence-electron chi connectivity index (χ0n) is 16.0. The number of hydrogen-bond donors (Lipinski definition) is 1. The van der Waals surface area contributed by atoms with Crippen LogP contribution in [0.25, 0.3) is 11.4 Å². The van der Waals surface area contributed by atoms with Crippen molar-refractivity contribution in [1.29, 1.82) is 0 Å². The number of benzene rings is 2. The van der Waals surface area contributed by atoms with E-state index < -0.39 is 0 Å². The van der Waals surface area contributed by atoms with Crippen LogP contribution in [0, 0.1) is 0 Å². The fourth-order valence-corrected chi connectivity index (χ4v) is 3.18. The van der Waals surface area contributed by atoms with Gasteiger partial charge in [0.2, 0.25) is 11.8 Å². The third-order valence-corrected chi connectivity index (χ3v) is 4.53. The van der Waals surface area contributed by atoms with Crippen molar-refractivity contribution in [2.75, 3.05) is 18.5 Å². The summed E-state index contributed by atoms with van der Waals surface area (Å²) in [6.45, 7) is 2.78. The molecule has 0 spiro atoms. The maximum atomic E-state index is 13.0. The van der Waals surface area contributed by atoms with E-state index in [2.05, 4.69) is 15.3 Å². The molecule has 7 heteroatoms. The molecule has 0 saturated carbocycles. The Morgan fingerprint density at radius 2 is 2.00 bits per heavy atom. The minimum absolute atomic E-state index is 0.153. The van der Waals surface area contributed by atoms with Gasteiger partial charge in [-0.1, -0.05) is 42.5 Å². The van der Waals surface area contributed by atoms with Crippen LogP contribution in [0.4, 0.5) is 5.69 Å². The molecular formula is C22H20N4O3. The molecule has 1 aliphatic heterocycles. The van der Waals surface area contributed by atoms with E-state index in [1.807, 2.05) is 42.5 Å². The summed E-state index contributed by atoms with van der Waals surface area (Å²) in [6, 6.07) is 17.0. The lowest BCUT2D eigenvalue weighted by Gasteiger charge is -2.19. The second kappa shape index (κ2) is 8.10. The molecular weight excluding hydrogens is 368 g/mol. The van der Waals surface area contributed by atoms with Crippen molar-refractivity contribution in [2.24, 2.45) is 0 Å². The van der Waals surface area contributed by atoms with E-state index in [-0.39, 0.29) is 17.7 Å². The van der Waals surface area contributed by atoms with Gasteiger partial charge in [-0.3, -0.25) is 9.59 Å². The molecule has 0 aliphatic carbocycles. The van der Waals surface area contributed by atoms with Gasteiger partial charge in [0.25, 0.3) is 5.91 Å². The zero-order chi connectivity index (χ0) is 20.2. The van der Waals surface area contributed by atoms with Gasteiger partial charge < -0.3 is 15.0 Å². The molecule has 0 atom stereocenters. The minimum Gasteiger partial charge on any atom is -0.475 e. The number of ether oxygens (including phenoxy) is 1. The number of aromatic nitrogens is 2. The predicted octanol–water partition coefficient (Wildman–Crippen LogP) is 3.14. The first-order valence-corrected chi connectivity index (χ1v) is 9.31. The average molecular weight is 388 g/mol. The van der Waals surface area contributed by atoms with Crippen molar-refractivity contribution in [1.82, 2.24) is 14.9 Å². The first kappa shape index (κ1) is 18.6. The number of anilines is 1. The lowest BCUT2D eigenvalue weighted by Crippen LogP contribution is -2.31. The van der Waals surface area contributed by atoms with Crippen molar-refractivity contribution < 1.29 is 14.3 Å². The molecule has 7 nitrogen and oxygen atoms in total. The van der Waals surface area contributed by atoms with Crippen LogP contribution in [0.15, 0.2) is 60.8 Å². The van der Waals surface area contributed by atoms with Gasteiger partial charge in [-0.25, -0.2) is 4.98 Å². The molecule has 1 aliphatic rings. The van der Waals surface area contributed by atoms with Gasteiger partial charge in [0.15, 0.2) is 5.82 Å². The molecule has 1 N–H and O–H groups in total. The summed E-state index contributed by atoms with van der Waals surface area (Å²) in [5.41, 5.74) is 2.77. The maximum Gasteiger partial charge on any atom is 0.261 e. The van der Waals surface area contributed by atoms with Crippen LogP contribution in [-0.4, -0.2) is 39.8 Å². The second-order valence-corrected chi connectivity index (χ2v) is 6.74. The molecule has 2 amide bonds. The largest absolute Gasteiger partial charge is 0.475 e. The summed E-state index contributed by atoms with van der Waals surface area (Å²) in [5, 5.41) is 2.74. The molecule has 1 aromatic heterocycles. The van der Waals surface area contributed by atoms with E-state index in [9.17, 15) is 9.59 Å². The Morgan fingerprint density at radius 3 is 2.79 bits per heavy atom. The molecule has 0 bridgehead atoms. The molecule has 4 rings (SSSR count). The van der Waals surface area contributed by atoms with Crippen LogP contribution in [0.2, 0.25) is 0 Å². The SMILES string of the molecule is CC(=O)Nc1cccc(-c2ncc3c(n2)OCCN(Cc2ccccc2)C3=O)c1. The Bertz CT molecular complexity index is 1050. The standard InChI is InChI=1S/C22H20N4O3/c1-15(27)24-18-9-5-8-17(12-18)20-23-13-19-21(25-20)29-11-10-26(22(19)28)14-16-6-3-2-4-7-16/h2-9,12-13H,10-11,14H2,1H3,(H,24,27). The van der Waals surface area contributed by atoms with Crippen molar-refractivity contribution in [3.63, 3.8) is 0 Å². The van der Waals surface area contributed by atoms with Crippen LogP contribution in [0.1, 0.15) is 22.8 Å². The lowest BCUT2D eigenvalue weighted by atomic mass is 10.1. The van der Waals surface area contributed by atoms with Crippen molar-refractivity contribution in [3.05, 3.63) is 71.9 Å². The summed E-state index contributed by atoms with van der Waals surface area (Å²) in [5.74, 6) is 0.401. The molecule has 0 unspecified atom stereocenters. The van der Waals surface area contributed by atoms with Gasteiger partial charge in [-0.15, -0.1) is 0 Å². The van der Waals surface area contributed by atoms with E-state index in [0.29, 0.717) is 36.8 Å². The number of rotatable bonds is 4. The zero-order valence-corrected chi connectivity index (χ0v) is 16.0. The first-order valence-electron chi connectivity index (χ1n) is 9.31. The van der Waals surface area contributed by atoms with Crippen LogP contribution in [0.5, 0.6) is 5.88 Å².